The molecular weight excluding hydrogens is 214 g/mol. The van der Waals surface area contributed by atoms with Crippen molar-refractivity contribution in [2.24, 2.45) is 0 Å². The summed E-state index contributed by atoms with van der Waals surface area (Å²) in [6.07, 6.45) is 4.40. The Morgan fingerprint density at radius 2 is 2.06 bits per heavy atom. The van der Waals surface area contributed by atoms with Crippen molar-refractivity contribution in [2.75, 3.05) is 24.2 Å². The van der Waals surface area contributed by atoms with Crippen molar-refractivity contribution >= 4 is 11.8 Å². The van der Waals surface area contributed by atoms with Crippen LogP contribution in [-0.2, 0) is 6.42 Å². The van der Waals surface area contributed by atoms with Crippen molar-refractivity contribution in [3.63, 3.8) is 0 Å². The lowest BCUT2D eigenvalue weighted by Crippen LogP contribution is -2.08. The van der Waals surface area contributed by atoms with E-state index in [1.54, 1.807) is 19.4 Å². The molecule has 0 amide bonds. The standard InChI is InChI=1S/C12H15N5/c1-13-12-16-9-6-11(17-12)15-8-5-10-4-2-3-7-14-10/h2-4,6-7,9H,5,8H2,1H3,(H2,13,15,16,17). The van der Waals surface area contributed by atoms with Crippen LogP contribution in [0.25, 0.3) is 0 Å². The van der Waals surface area contributed by atoms with Crippen molar-refractivity contribution in [2.45, 2.75) is 6.42 Å². The van der Waals surface area contributed by atoms with Gasteiger partial charge in [-0.15, -0.1) is 0 Å². The molecule has 0 aromatic carbocycles. The molecule has 0 aliphatic heterocycles. The first-order chi connectivity index (χ1) is 8.38. The summed E-state index contributed by atoms with van der Waals surface area (Å²) >= 11 is 0. The van der Waals surface area contributed by atoms with Crippen LogP contribution >= 0.6 is 0 Å². The molecule has 0 fully saturated rings. The fourth-order valence-corrected chi connectivity index (χ4v) is 1.44. The summed E-state index contributed by atoms with van der Waals surface area (Å²) in [6, 6.07) is 7.77. The van der Waals surface area contributed by atoms with Crippen LogP contribution in [0.3, 0.4) is 0 Å². The van der Waals surface area contributed by atoms with E-state index in [2.05, 4.69) is 25.6 Å². The third kappa shape index (κ3) is 3.41. The zero-order valence-corrected chi connectivity index (χ0v) is 9.72. The summed E-state index contributed by atoms with van der Waals surface area (Å²) in [5, 5.41) is 6.14. The minimum atomic E-state index is 0.618. The predicted molar refractivity (Wildman–Crippen MR) is 68.0 cm³/mol. The summed E-state index contributed by atoms with van der Waals surface area (Å²) in [6.45, 7) is 0.803. The van der Waals surface area contributed by atoms with Crippen LogP contribution in [0.15, 0.2) is 36.7 Å². The van der Waals surface area contributed by atoms with Crippen molar-refractivity contribution in [3.05, 3.63) is 42.4 Å². The van der Waals surface area contributed by atoms with Gasteiger partial charge in [0.15, 0.2) is 0 Å². The van der Waals surface area contributed by atoms with Crippen molar-refractivity contribution in [1.29, 1.82) is 0 Å². The van der Waals surface area contributed by atoms with Gasteiger partial charge in [0.2, 0.25) is 5.95 Å². The summed E-state index contributed by atoms with van der Waals surface area (Å²) in [4.78, 5) is 12.6. The molecule has 5 heteroatoms. The Balaban J connectivity index is 1.86. The lowest BCUT2D eigenvalue weighted by atomic mass is 10.3. The molecule has 0 saturated carbocycles. The Bertz CT molecular complexity index is 457. The molecule has 0 atom stereocenters. The highest BCUT2D eigenvalue weighted by Gasteiger charge is 1.97. The second kappa shape index (κ2) is 5.79. The Morgan fingerprint density at radius 1 is 1.12 bits per heavy atom. The fraction of sp³-hybridized carbons (Fsp3) is 0.250. The van der Waals surface area contributed by atoms with Gasteiger partial charge in [-0.2, -0.15) is 4.98 Å². The van der Waals surface area contributed by atoms with Crippen molar-refractivity contribution < 1.29 is 0 Å². The van der Waals surface area contributed by atoms with Crippen LogP contribution < -0.4 is 10.6 Å². The van der Waals surface area contributed by atoms with Gasteiger partial charge < -0.3 is 10.6 Å². The topological polar surface area (TPSA) is 62.7 Å². The number of aromatic nitrogens is 3. The van der Waals surface area contributed by atoms with E-state index in [1.165, 1.54) is 0 Å². The van der Waals surface area contributed by atoms with Gasteiger partial charge in [0, 0.05) is 38.1 Å². The molecule has 2 N–H and O–H groups in total. The third-order valence-electron chi connectivity index (χ3n) is 2.29. The monoisotopic (exact) mass is 229 g/mol. The number of hydrogen-bond donors (Lipinski definition) is 2. The number of anilines is 2. The van der Waals surface area contributed by atoms with Crippen LogP contribution in [-0.4, -0.2) is 28.5 Å². The van der Waals surface area contributed by atoms with Crippen LogP contribution in [0.1, 0.15) is 5.69 Å². The largest absolute Gasteiger partial charge is 0.370 e. The second-order valence-corrected chi connectivity index (χ2v) is 3.51. The Kier molecular flexibility index (Phi) is 3.85. The highest BCUT2D eigenvalue weighted by Crippen LogP contribution is 2.05. The summed E-state index contributed by atoms with van der Waals surface area (Å²) in [7, 11) is 1.80. The van der Waals surface area contributed by atoms with E-state index in [0.29, 0.717) is 5.95 Å². The molecule has 17 heavy (non-hydrogen) atoms. The zero-order chi connectivity index (χ0) is 11.9. The van der Waals surface area contributed by atoms with Crippen LogP contribution in [0.4, 0.5) is 11.8 Å². The van der Waals surface area contributed by atoms with Crippen LogP contribution in [0.5, 0.6) is 0 Å². The normalized spacial score (nSPS) is 9.94. The summed E-state index contributed by atoms with van der Waals surface area (Å²) in [5.74, 6) is 1.44. The molecule has 2 heterocycles. The molecule has 0 radical (unpaired) electrons. The van der Waals surface area contributed by atoms with E-state index in [4.69, 9.17) is 0 Å². The quantitative estimate of drug-likeness (QED) is 0.814. The smallest absolute Gasteiger partial charge is 0.224 e. The molecule has 88 valence electrons. The molecule has 0 saturated heterocycles. The lowest BCUT2D eigenvalue weighted by molar-refractivity contribution is 0.951. The maximum atomic E-state index is 4.27. The molecule has 2 rings (SSSR count). The Morgan fingerprint density at radius 3 is 2.82 bits per heavy atom. The van der Waals surface area contributed by atoms with Crippen molar-refractivity contribution in [1.82, 2.24) is 15.0 Å². The van der Waals surface area contributed by atoms with Gasteiger partial charge in [-0.05, 0) is 18.2 Å². The van der Waals surface area contributed by atoms with Gasteiger partial charge in [0.25, 0.3) is 0 Å². The maximum absolute atomic E-state index is 4.27. The molecular formula is C12H15N5. The molecule has 0 unspecified atom stereocenters. The fourth-order valence-electron chi connectivity index (χ4n) is 1.44. The average molecular weight is 229 g/mol. The molecule has 2 aromatic heterocycles. The zero-order valence-electron chi connectivity index (χ0n) is 9.72. The van der Waals surface area contributed by atoms with E-state index < -0.39 is 0 Å². The Hall–Kier alpha value is -2.17. The highest BCUT2D eigenvalue weighted by molar-refractivity contribution is 5.39. The molecule has 0 aliphatic rings. The van der Waals surface area contributed by atoms with Crippen LogP contribution in [0.2, 0.25) is 0 Å². The average Bonchev–Trinajstić information content (AvgIpc) is 2.40. The first-order valence-electron chi connectivity index (χ1n) is 5.53. The molecule has 5 nitrogen and oxygen atoms in total. The number of rotatable bonds is 5. The van der Waals surface area contributed by atoms with E-state index >= 15 is 0 Å². The van der Waals surface area contributed by atoms with Gasteiger partial charge in [0.05, 0.1) is 0 Å². The van der Waals surface area contributed by atoms with E-state index in [-0.39, 0.29) is 0 Å². The van der Waals surface area contributed by atoms with Gasteiger partial charge in [-0.1, -0.05) is 6.07 Å². The molecule has 2 aromatic rings. The number of pyridine rings is 1. The van der Waals surface area contributed by atoms with Crippen molar-refractivity contribution in [3.8, 4) is 0 Å². The van der Waals surface area contributed by atoms with E-state index in [9.17, 15) is 0 Å². The Labute approximate surface area is 100 Å². The number of hydrogen-bond acceptors (Lipinski definition) is 5. The summed E-state index contributed by atoms with van der Waals surface area (Å²) < 4.78 is 0. The third-order valence-corrected chi connectivity index (χ3v) is 2.29. The van der Waals surface area contributed by atoms with Gasteiger partial charge in [-0.25, -0.2) is 4.98 Å². The maximum Gasteiger partial charge on any atom is 0.224 e. The SMILES string of the molecule is CNc1nccc(NCCc2ccccn2)n1. The minimum absolute atomic E-state index is 0.618. The van der Waals surface area contributed by atoms with E-state index in [0.717, 1.165) is 24.5 Å². The molecule has 0 spiro atoms. The highest BCUT2D eigenvalue weighted by atomic mass is 15.1. The second-order valence-electron chi connectivity index (χ2n) is 3.51. The first kappa shape index (κ1) is 11.3. The van der Waals surface area contributed by atoms with Gasteiger partial charge >= 0.3 is 0 Å². The molecule has 0 aliphatic carbocycles. The van der Waals surface area contributed by atoms with Crippen LogP contribution in [0, 0.1) is 0 Å². The van der Waals surface area contributed by atoms with E-state index in [1.807, 2.05) is 24.3 Å². The summed E-state index contributed by atoms with van der Waals surface area (Å²) in [5.41, 5.74) is 1.07. The lowest BCUT2D eigenvalue weighted by Gasteiger charge is -2.06. The predicted octanol–water partition coefficient (Wildman–Crippen LogP) is 1.57. The number of nitrogens with zero attached hydrogens (tertiary/aromatic N) is 3. The van der Waals surface area contributed by atoms with Gasteiger partial charge in [0.1, 0.15) is 5.82 Å². The number of nitrogens with one attached hydrogen (secondary N) is 2. The van der Waals surface area contributed by atoms with Gasteiger partial charge in [-0.3, -0.25) is 4.98 Å². The molecule has 0 bridgehead atoms. The minimum Gasteiger partial charge on any atom is -0.370 e. The first-order valence-corrected chi connectivity index (χ1v) is 5.53.